The van der Waals surface area contributed by atoms with E-state index in [0.717, 1.165) is 57.6 Å². The summed E-state index contributed by atoms with van der Waals surface area (Å²) >= 11 is 1.52. The number of nitrogens with zero attached hydrogens (tertiary/aromatic N) is 5. The number of fused-ring (bicyclic) bond motifs is 2. The van der Waals surface area contributed by atoms with Gasteiger partial charge in [-0.2, -0.15) is 14.6 Å². The molecule has 1 unspecified atom stereocenters. The van der Waals surface area contributed by atoms with Gasteiger partial charge in [0, 0.05) is 48.4 Å². The fourth-order valence-corrected chi connectivity index (χ4v) is 6.12. The minimum Gasteiger partial charge on any atom is -0.489 e. The Morgan fingerprint density at radius 3 is 2.82 bits per heavy atom. The predicted molar refractivity (Wildman–Crippen MR) is 152 cm³/mol. The summed E-state index contributed by atoms with van der Waals surface area (Å²) in [6.45, 7) is 11.4. The van der Waals surface area contributed by atoms with Crippen LogP contribution in [0.1, 0.15) is 30.8 Å². The Morgan fingerprint density at radius 2 is 2.00 bits per heavy atom. The molecule has 0 aliphatic carbocycles. The van der Waals surface area contributed by atoms with Crippen LogP contribution >= 0.6 is 11.3 Å². The molecule has 2 aromatic carbocycles. The quantitative estimate of drug-likeness (QED) is 0.242. The molecule has 6 rings (SSSR count). The molecular weight excluding hydrogens is 498 g/mol. The van der Waals surface area contributed by atoms with E-state index < -0.39 is 0 Å². The third kappa shape index (κ3) is 4.61. The normalized spacial score (nSPS) is 16.5. The lowest BCUT2D eigenvalue weighted by Crippen LogP contribution is -2.52. The van der Waals surface area contributed by atoms with Gasteiger partial charge in [-0.3, -0.25) is 4.90 Å². The van der Waals surface area contributed by atoms with Gasteiger partial charge in [0.05, 0.1) is 7.11 Å². The number of ether oxygens (including phenoxy) is 2. The second-order valence-corrected chi connectivity index (χ2v) is 11.0. The van der Waals surface area contributed by atoms with Crippen LogP contribution in [-0.2, 0) is 6.61 Å². The minimum absolute atomic E-state index is 0.439. The number of hydrogen-bond donors (Lipinski definition) is 0. The van der Waals surface area contributed by atoms with Crippen LogP contribution in [-0.4, -0.2) is 58.8 Å². The number of benzene rings is 2. The molecule has 1 fully saturated rings. The first kappa shape index (κ1) is 24.8. The number of piperazine rings is 1. The van der Waals surface area contributed by atoms with Gasteiger partial charge in [0.2, 0.25) is 10.8 Å². The molecule has 3 aromatic heterocycles. The SMILES string of the molecule is CCCN1CCN(c2cccc(OCc3cccc4oc(-c5c(OC)nc6sc(C)nn56)cc34)c2)C(C)C1. The zero-order chi connectivity index (χ0) is 26.2. The molecule has 198 valence electrons. The lowest BCUT2D eigenvalue weighted by Gasteiger charge is -2.41. The highest BCUT2D eigenvalue weighted by Gasteiger charge is 2.24. The molecule has 0 spiro atoms. The van der Waals surface area contributed by atoms with E-state index in [1.807, 2.05) is 31.2 Å². The maximum absolute atomic E-state index is 6.31. The highest BCUT2D eigenvalue weighted by molar-refractivity contribution is 7.16. The van der Waals surface area contributed by atoms with E-state index in [0.29, 0.717) is 24.3 Å². The van der Waals surface area contributed by atoms with Crippen LogP contribution in [0.3, 0.4) is 0 Å². The Labute approximate surface area is 226 Å². The van der Waals surface area contributed by atoms with Gasteiger partial charge in [-0.15, -0.1) is 0 Å². The summed E-state index contributed by atoms with van der Waals surface area (Å²) in [5.41, 5.74) is 3.78. The van der Waals surface area contributed by atoms with Crippen LogP contribution in [0, 0.1) is 6.92 Å². The van der Waals surface area contributed by atoms with Gasteiger partial charge < -0.3 is 18.8 Å². The van der Waals surface area contributed by atoms with Crippen molar-refractivity contribution in [2.24, 2.45) is 0 Å². The Kier molecular flexibility index (Phi) is 6.71. The second-order valence-electron chi connectivity index (χ2n) is 9.85. The Balaban J connectivity index is 1.23. The number of rotatable bonds is 8. The van der Waals surface area contributed by atoms with Crippen molar-refractivity contribution in [1.29, 1.82) is 0 Å². The number of methoxy groups -OCH3 is 1. The van der Waals surface area contributed by atoms with E-state index in [1.54, 1.807) is 11.6 Å². The van der Waals surface area contributed by atoms with E-state index in [2.05, 4.69) is 58.0 Å². The molecule has 0 radical (unpaired) electrons. The van der Waals surface area contributed by atoms with Crippen molar-refractivity contribution in [3.05, 3.63) is 59.1 Å². The summed E-state index contributed by atoms with van der Waals surface area (Å²) in [4.78, 5) is 10.4. The smallest absolute Gasteiger partial charge is 0.246 e. The number of imidazole rings is 1. The zero-order valence-electron chi connectivity index (χ0n) is 22.3. The number of anilines is 1. The summed E-state index contributed by atoms with van der Waals surface area (Å²) in [6.07, 6.45) is 1.20. The van der Waals surface area contributed by atoms with Crippen molar-refractivity contribution >= 4 is 33.0 Å². The number of furan rings is 1. The van der Waals surface area contributed by atoms with Crippen LogP contribution in [0.2, 0.25) is 0 Å². The predicted octanol–water partition coefficient (Wildman–Crippen LogP) is 6.02. The van der Waals surface area contributed by atoms with Gasteiger partial charge >= 0.3 is 0 Å². The first-order valence-electron chi connectivity index (χ1n) is 13.2. The molecule has 1 saturated heterocycles. The van der Waals surface area contributed by atoms with E-state index in [-0.39, 0.29) is 0 Å². The third-order valence-corrected chi connectivity index (χ3v) is 7.97. The van der Waals surface area contributed by atoms with Gasteiger partial charge in [0.25, 0.3) is 0 Å². The van der Waals surface area contributed by atoms with Crippen LogP contribution in [0.4, 0.5) is 5.69 Å². The summed E-state index contributed by atoms with van der Waals surface area (Å²) < 4.78 is 19.9. The van der Waals surface area contributed by atoms with Gasteiger partial charge in [0.15, 0.2) is 11.5 Å². The van der Waals surface area contributed by atoms with Crippen LogP contribution in [0.25, 0.3) is 27.4 Å². The van der Waals surface area contributed by atoms with E-state index in [9.17, 15) is 0 Å². The molecule has 1 atom stereocenters. The monoisotopic (exact) mass is 531 g/mol. The summed E-state index contributed by atoms with van der Waals surface area (Å²) in [7, 11) is 1.62. The molecule has 8 nitrogen and oxygen atoms in total. The molecular formula is C29H33N5O3S. The first-order valence-corrected chi connectivity index (χ1v) is 14.0. The van der Waals surface area contributed by atoms with Gasteiger partial charge in [-0.25, -0.2) is 0 Å². The molecule has 4 heterocycles. The summed E-state index contributed by atoms with van der Waals surface area (Å²) in [5.74, 6) is 2.03. The zero-order valence-corrected chi connectivity index (χ0v) is 23.1. The van der Waals surface area contributed by atoms with E-state index in [1.165, 1.54) is 30.0 Å². The molecule has 0 amide bonds. The highest BCUT2D eigenvalue weighted by atomic mass is 32.1. The largest absolute Gasteiger partial charge is 0.489 e. The standard InChI is InChI=1S/C29H33N5O3S/c1-5-12-32-13-14-33(19(2)17-32)22-9-7-10-23(15-22)36-18-21-8-6-11-25-24(21)16-26(37-25)27-28(35-4)30-29-34(27)31-20(3)38-29/h6-11,15-16,19H,5,12-14,17-18H2,1-4H3. The van der Waals surface area contributed by atoms with Crippen molar-refractivity contribution in [2.75, 3.05) is 38.2 Å². The average molecular weight is 532 g/mol. The van der Waals surface area contributed by atoms with Gasteiger partial charge in [-0.1, -0.05) is 36.5 Å². The third-order valence-electron chi connectivity index (χ3n) is 7.15. The molecule has 38 heavy (non-hydrogen) atoms. The first-order chi connectivity index (χ1) is 18.5. The molecule has 0 N–H and O–H groups in total. The van der Waals surface area contributed by atoms with Crippen molar-refractivity contribution in [2.45, 2.75) is 39.8 Å². The maximum Gasteiger partial charge on any atom is 0.246 e. The van der Waals surface area contributed by atoms with Crippen LogP contribution < -0.4 is 14.4 Å². The Hall–Kier alpha value is -3.56. The molecule has 1 aliphatic rings. The maximum atomic E-state index is 6.31. The van der Waals surface area contributed by atoms with Gasteiger partial charge in [0.1, 0.15) is 22.9 Å². The van der Waals surface area contributed by atoms with Crippen molar-refractivity contribution in [3.63, 3.8) is 0 Å². The van der Waals surface area contributed by atoms with E-state index in [4.69, 9.17) is 13.9 Å². The topological polar surface area (TPSA) is 68.3 Å². The summed E-state index contributed by atoms with van der Waals surface area (Å²) in [6, 6.07) is 17.0. The lowest BCUT2D eigenvalue weighted by molar-refractivity contribution is 0.229. The fraction of sp³-hybridized carbons (Fsp3) is 0.379. The van der Waals surface area contributed by atoms with Crippen LogP contribution in [0.15, 0.2) is 52.9 Å². The molecule has 5 aromatic rings. The number of aromatic nitrogens is 3. The Morgan fingerprint density at radius 1 is 1.13 bits per heavy atom. The number of aryl methyl sites for hydroxylation is 1. The molecule has 0 saturated carbocycles. The van der Waals surface area contributed by atoms with Crippen molar-refractivity contribution in [1.82, 2.24) is 19.5 Å². The van der Waals surface area contributed by atoms with Crippen LogP contribution in [0.5, 0.6) is 11.6 Å². The molecule has 0 bridgehead atoms. The minimum atomic E-state index is 0.439. The van der Waals surface area contributed by atoms with Crippen molar-refractivity contribution < 1.29 is 13.9 Å². The van der Waals surface area contributed by atoms with Gasteiger partial charge in [-0.05, 0) is 51.1 Å². The molecule has 9 heteroatoms. The lowest BCUT2D eigenvalue weighted by atomic mass is 10.1. The number of hydrogen-bond acceptors (Lipinski definition) is 8. The van der Waals surface area contributed by atoms with E-state index >= 15 is 0 Å². The van der Waals surface area contributed by atoms with Crippen molar-refractivity contribution in [3.8, 4) is 23.1 Å². The molecule has 1 aliphatic heterocycles. The second kappa shape index (κ2) is 10.3. The Bertz CT molecular complexity index is 1570. The summed E-state index contributed by atoms with van der Waals surface area (Å²) in [5, 5.41) is 6.53. The average Bonchev–Trinajstić information content (AvgIpc) is 3.59. The fourth-order valence-electron chi connectivity index (χ4n) is 5.39. The highest BCUT2D eigenvalue weighted by Crippen LogP contribution is 2.37.